The molecular weight excluding hydrogens is 600 g/mol. The number of nitrogens with zero attached hydrogens (tertiary/aromatic N) is 1. The van der Waals surface area contributed by atoms with Gasteiger partial charge in [-0.05, 0) is 62.3 Å². The van der Waals surface area contributed by atoms with Gasteiger partial charge >= 0.3 is 11.9 Å². The Morgan fingerprint density at radius 1 is 1.02 bits per heavy atom. The quantitative estimate of drug-likeness (QED) is 0.260. The first-order valence-electron chi connectivity index (χ1n) is 13.9. The number of carboxylic acids is 2. The number of nitrogens with two attached hydrogens (primary N) is 1. The van der Waals surface area contributed by atoms with Gasteiger partial charge in [0, 0.05) is 23.6 Å². The van der Waals surface area contributed by atoms with Crippen LogP contribution in [0.25, 0.3) is 0 Å². The SMILES string of the molecule is C[C@H](NC(C(=O)O)[C@H](C)c1ccccc1)C(=O)N1C(C(=O)O)CC2CC(NC(=O)c3ccc(Cl)c(S(N)(=O)=O)c3)CCC21. The molecule has 0 bridgehead atoms. The number of sulfonamides is 1. The van der Waals surface area contributed by atoms with E-state index >= 15 is 0 Å². The van der Waals surface area contributed by atoms with Crippen molar-refractivity contribution in [1.29, 1.82) is 0 Å². The summed E-state index contributed by atoms with van der Waals surface area (Å²) in [5, 5.41) is 30.8. The molecule has 43 heavy (non-hydrogen) atoms. The topological polar surface area (TPSA) is 196 Å². The Morgan fingerprint density at radius 3 is 2.30 bits per heavy atom. The number of carboxylic acid groups (broad SMARTS) is 2. The minimum absolute atomic E-state index is 0.0554. The molecule has 1 heterocycles. The van der Waals surface area contributed by atoms with Gasteiger partial charge in [0.25, 0.3) is 5.91 Å². The summed E-state index contributed by atoms with van der Waals surface area (Å²) in [5.74, 6) is -3.99. The molecule has 2 aliphatic rings. The summed E-state index contributed by atoms with van der Waals surface area (Å²) in [5.41, 5.74) is 0.839. The first-order valence-corrected chi connectivity index (χ1v) is 15.8. The number of hydrogen-bond donors (Lipinski definition) is 5. The smallest absolute Gasteiger partial charge is 0.326 e. The maximum atomic E-state index is 13.7. The maximum absolute atomic E-state index is 13.7. The summed E-state index contributed by atoms with van der Waals surface area (Å²) >= 11 is 5.92. The third-order valence-electron chi connectivity index (χ3n) is 8.43. The number of halogens is 1. The van der Waals surface area contributed by atoms with E-state index < -0.39 is 63.9 Å². The van der Waals surface area contributed by atoms with Crippen LogP contribution >= 0.6 is 11.6 Å². The zero-order valence-corrected chi connectivity index (χ0v) is 25.2. The van der Waals surface area contributed by atoms with E-state index in [1.54, 1.807) is 19.1 Å². The highest BCUT2D eigenvalue weighted by Crippen LogP contribution is 2.40. The molecular formula is C29H35ClN4O8S. The summed E-state index contributed by atoms with van der Waals surface area (Å²) in [6, 6.07) is 8.92. The Labute approximate surface area is 254 Å². The predicted molar refractivity (Wildman–Crippen MR) is 157 cm³/mol. The van der Waals surface area contributed by atoms with Crippen LogP contribution in [0, 0.1) is 5.92 Å². The molecule has 2 aromatic carbocycles. The minimum Gasteiger partial charge on any atom is -0.480 e. The van der Waals surface area contributed by atoms with Crippen LogP contribution in [-0.4, -0.2) is 77.5 Å². The first kappa shape index (κ1) is 32.4. The second-order valence-corrected chi connectivity index (χ2v) is 13.2. The van der Waals surface area contributed by atoms with Crippen molar-refractivity contribution < 1.29 is 37.8 Å². The van der Waals surface area contributed by atoms with Crippen molar-refractivity contribution in [2.75, 3.05) is 0 Å². The van der Waals surface area contributed by atoms with Gasteiger partial charge < -0.3 is 20.4 Å². The van der Waals surface area contributed by atoms with Crippen LogP contribution in [0.3, 0.4) is 0 Å². The zero-order chi connectivity index (χ0) is 31.6. The monoisotopic (exact) mass is 634 g/mol. The van der Waals surface area contributed by atoms with Crippen molar-refractivity contribution in [3.05, 3.63) is 64.7 Å². The lowest BCUT2D eigenvalue weighted by molar-refractivity contribution is -0.151. The summed E-state index contributed by atoms with van der Waals surface area (Å²) in [6.45, 7) is 3.29. The molecule has 7 atom stereocenters. The largest absolute Gasteiger partial charge is 0.480 e. The van der Waals surface area contributed by atoms with E-state index in [0.717, 1.165) is 11.6 Å². The average molecular weight is 635 g/mol. The molecule has 2 amide bonds. The van der Waals surface area contributed by atoms with E-state index in [9.17, 15) is 37.8 Å². The van der Waals surface area contributed by atoms with Gasteiger partial charge in [0.15, 0.2) is 0 Å². The van der Waals surface area contributed by atoms with Gasteiger partial charge in [0.05, 0.1) is 11.1 Å². The fraction of sp³-hybridized carbons (Fsp3) is 0.448. The van der Waals surface area contributed by atoms with Crippen molar-refractivity contribution in [3.8, 4) is 0 Å². The van der Waals surface area contributed by atoms with Crippen LogP contribution in [0.15, 0.2) is 53.4 Å². The molecule has 232 valence electrons. The molecule has 0 radical (unpaired) electrons. The molecule has 6 N–H and O–H groups in total. The molecule has 1 saturated carbocycles. The number of hydrogen-bond acceptors (Lipinski definition) is 7. The number of rotatable bonds is 10. The highest BCUT2D eigenvalue weighted by atomic mass is 35.5. The number of primary sulfonamides is 1. The Balaban J connectivity index is 1.45. The number of likely N-dealkylation sites (tertiary alicyclic amines) is 1. The second-order valence-electron chi connectivity index (χ2n) is 11.2. The molecule has 1 saturated heterocycles. The molecule has 1 aliphatic carbocycles. The van der Waals surface area contributed by atoms with Gasteiger partial charge in [0.1, 0.15) is 17.0 Å². The Bertz CT molecular complexity index is 1510. The molecule has 14 heteroatoms. The summed E-state index contributed by atoms with van der Waals surface area (Å²) < 4.78 is 23.6. The van der Waals surface area contributed by atoms with Gasteiger partial charge in [-0.1, -0.05) is 48.9 Å². The lowest BCUT2D eigenvalue weighted by Gasteiger charge is -2.38. The van der Waals surface area contributed by atoms with Crippen LogP contribution in [0.4, 0.5) is 0 Å². The number of aliphatic carboxylic acids is 2. The van der Waals surface area contributed by atoms with Gasteiger partial charge in [-0.2, -0.15) is 0 Å². The molecule has 5 unspecified atom stereocenters. The number of carbonyl (C=O) groups is 4. The summed E-state index contributed by atoms with van der Waals surface area (Å²) in [4.78, 5) is 52.0. The lowest BCUT2D eigenvalue weighted by atomic mass is 9.81. The number of carbonyl (C=O) groups excluding carboxylic acids is 2. The Hall–Kier alpha value is -3.52. The normalized spacial score (nSPS) is 24.0. The van der Waals surface area contributed by atoms with Crippen molar-refractivity contribution in [3.63, 3.8) is 0 Å². The van der Waals surface area contributed by atoms with E-state index in [2.05, 4.69) is 10.6 Å². The standard InChI is InChI=1S/C29H35ClN4O8S/c1-15(17-6-4-3-5-7-17)25(29(39)40)32-16(2)27(36)34-22-11-9-20(12-19(22)13-23(34)28(37)38)33-26(35)18-8-10-21(30)24(14-18)43(31,41)42/h3-8,10,14-16,19-20,22-23,25,32H,9,11-13H2,1-2H3,(H,33,35)(H,37,38)(H,39,40)(H2,31,41,42)/t15-,16+,19?,20?,22?,23?,25?/m1/s1. The summed E-state index contributed by atoms with van der Waals surface area (Å²) in [6.07, 6.45) is 1.46. The summed E-state index contributed by atoms with van der Waals surface area (Å²) in [7, 11) is -4.14. The van der Waals surface area contributed by atoms with E-state index in [1.807, 2.05) is 18.2 Å². The molecule has 0 aromatic heterocycles. The van der Waals surface area contributed by atoms with Crippen molar-refractivity contribution >= 4 is 45.4 Å². The van der Waals surface area contributed by atoms with Gasteiger partial charge in [0.2, 0.25) is 15.9 Å². The molecule has 0 spiro atoms. The lowest BCUT2D eigenvalue weighted by Crippen LogP contribution is -2.57. The molecule has 2 aromatic rings. The highest BCUT2D eigenvalue weighted by molar-refractivity contribution is 7.89. The Kier molecular flexibility index (Phi) is 9.79. The molecule has 4 rings (SSSR count). The number of benzene rings is 2. The fourth-order valence-corrected chi connectivity index (χ4v) is 7.31. The van der Waals surface area contributed by atoms with Crippen LogP contribution in [0.1, 0.15) is 61.4 Å². The highest BCUT2D eigenvalue weighted by Gasteiger charge is 2.50. The second kappa shape index (κ2) is 13.0. The minimum atomic E-state index is -4.14. The predicted octanol–water partition coefficient (Wildman–Crippen LogP) is 2.18. The number of nitrogens with one attached hydrogen (secondary N) is 2. The van der Waals surface area contributed by atoms with Gasteiger partial charge in [-0.3, -0.25) is 19.7 Å². The average Bonchev–Trinajstić information content (AvgIpc) is 3.34. The zero-order valence-electron chi connectivity index (χ0n) is 23.6. The molecule has 12 nitrogen and oxygen atoms in total. The third kappa shape index (κ3) is 7.18. The third-order valence-corrected chi connectivity index (χ3v) is 9.82. The van der Waals surface area contributed by atoms with E-state index in [4.69, 9.17) is 16.7 Å². The van der Waals surface area contributed by atoms with Crippen molar-refractivity contribution in [2.24, 2.45) is 11.1 Å². The van der Waals surface area contributed by atoms with Crippen LogP contribution in [0.5, 0.6) is 0 Å². The van der Waals surface area contributed by atoms with Crippen molar-refractivity contribution in [2.45, 2.75) is 80.6 Å². The maximum Gasteiger partial charge on any atom is 0.326 e. The van der Waals surface area contributed by atoms with Crippen LogP contribution < -0.4 is 15.8 Å². The number of amides is 2. The first-order chi connectivity index (χ1) is 20.2. The van der Waals surface area contributed by atoms with Crippen LogP contribution in [0.2, 0.25) is 5.02 Å². The van der Waals surface area contributed by atoms with E-state index in [0.29, 0.717) is 19.3 Å². The fourth-order valence-electron chi connectivity index (χ4n) is 6.24. The molecule has 1 aliphatic heterocycles. The van der Waals surface area contributed by atoms with E-state index in [1.165, 1.54) is 24.0 Å². The number of fused-ring (bicyclic) bond motifs is 1. The van der Waals surface area contributed by atoms with Gasteiger partial charge in [-0.25, -0.2) is 18.4 Å². The molecule has 2 fully saturated rings. The Morgan fingerprint density at radius 2 is 1.70 bits per heavy atom. The van der Waals surface area contributed by atoms with Gasteiger partial charge in [-0.15, -0.1) is 0 Å². The van der Waals surface area contributed by atoms with E-state index in [-0.39, 0.29) is 33.9 Å². The van der Waals surface area contributed by atoms with Crippen LogP contribution in [-0.2, 0) is 24.4 Å². The van der Waals surface area contributed by atoms with Crippen molar-refractivity contribution in [1.82, 2.24) is 15.5 Å².